The molecule has 1 atom stereocenters. The van der Waals surface area contributed by atoms with Crippen molar-refractivity contribution in [3.05, 3.63) is 11.6 Å². The van der Waals surface area contributed by atoms with Crippen LogP contribution in [-0.4, -0.2) is 14.8 Å². The first kappa shape index (κ1) is 14.5. The summed E-state index contributed by atoms with van der Waals surface area (Å²) >= 11 is 5.84. The van der Waals surface area contributed by atoms with Crippen LogP contribution in [0.2, 0.25) is 0 Å². The zero-order valence-corrected chi connectivity index (χ0v) is 12.4. The van der Waals surface area contributed by atoms with Crippen molar-refractivity contribution < 1.29 is 0 Å². The zero-order chi connectivity index (χ0) is 13.1. The van der Waals surface area contributed by atoms with Gasteiger partial charge in [0.15, 0.2) is 0 Å². The minimum absolute atomic E-state index is 0.367. The third-order valence-corrected chi connectivity index (χ3v) is 3.07. The van der Waals surface area contributed by atoms with E-state index in [0.29, 0.717) is 17.2 Å². The molecule has 0 aromatic carbocycles. The molecule has 1 aromatic heterocycles. The summed E-state index contributed by atoms with van der Waals surface area (Å²) in [5.74, 6) is 3.01. The molecule has 0 aliphatic carbocycles. The molecule has 1 heterocycles. The van der Waals surface area contributed by atoms with Crippen molar-refractivity contribution in [1.29, 1.82) is 0 Å². The molecule has 0 aliphatic heterocycles. The van der Waals surface area contributed by atoms with Crippen LogP contribution in [0.25, 0.3) is 0 Å². The number of aromatic nitrogens is 3. The van der Waals surface area contributed by atoms with Crippen LogP contribution in [0.4, 0.5) is 0 Å². The number of hydrogen-bond donors (Lipinski definition) is 0. The quantitative estimate of drug-likeness (QED) is 0.754. The van der Waals surface area contributed by atoms with Crippen LogP contribution in [-0.2, 0) is 18.8 Å². The van der Waals surface area contributed by atoms with Crippen molar-refractivity contribution >= 4 is 11.6 Å². The molecule has 0 fully saturated rings. The summed E-state index contributed by atoms with van der Waals surface area (Å²) in [5.41, 5.74) is 0.367. The van der Waals surface area contributed by atoms with Gasteiger partial charge in [0.05, 0.1) is 5.88 Å². The molecule has 0 radical (unpaired) electrons. The molecule has 0 N–H and O–H groups in total. The third kappa shape index (κ3) is 4.30. The van der Waals surface area contributed by atoms with Crippen molar-refractivity contribution in [2.24, 2.45) is 11.3 Å². The van der Waals surface area contributed by atoms with Crippen LogP contribution in [0.3, 0.4) is 0 Å². The molecular formula is C13H24ClN3. The van der Waals surface area contributed by atoms with Crippen molar-refractivity contribution in [2.75, 3.05) is 0 Å². The SMILES string of the molecule is CCn1c(CCl)nnc1CC(C)CC(C)(C)C. The Kier molecular flexibility index (Phi) is 4.99. The Morgan fingerprint density at radius 1 is 1.24 bits per heavy atom. The molecule has 4 heteroatoms. The van der Waals surface area contributed by atoms with E-state index in [4.69, 9.17) is 11.6 Å². The van der Waals surface area contributed by atoms with Gasteiger partial charge in [0.25, 0.3) is 0 Å². The van der Waals surface area contributed by atoms with Crippen molar-refractivity contribution in [3.63, 3.8) is 0 Å². The Morgan fingerprint density at radius 3 is 2.29 bits per heavy atom. The lowest BCUT2D eigenvalue weighted by molar-refractivity contribution is 0.302. The molecule has 0 bridgehead atoms. The third-order valence-electron chi connectivity index (χ3n) is 2.83. The summed E-state index contributed by atoms with van der Waals surface area (Å²) in [4.78, 5) is 0. The fraction of sp³-hybridized carbons (Fsp3) is 0.846. The second-order valence-corrected chi connectivity index (χ2v) is 6.25. The van der Waals surface area contributed by atoms with Gasteiger partial charge in [-0.3, -0.25) is 0 Å². The fourth-order valence-corrected chi connectivity index (χ4v) is 2.61. The van der Waals surface area contributed by atoms with Crippen LogP contribution in [0.1, 0.15) is 52.7 Å². The standard InChI is InChI=1S/C13H24ClN3/c1-6-17-11(15-16-12(17)9-14)7-10(2)8-13(3,4)5/h10H,6-9H2,1-5H3. The number of alkyl halides is 1. The molecule has 1 unspecified atom stereocenters. The Labute approximate surface area is 110 Å². The maximum atomic E-state index is 5.84. The topological polar surface area (TPSA) is 30.7 Å². The lowest BCUT2D eigenvalue weighted by Gasteiger charge is -2.23. The van der Waals surface area contributed by atoms with Crippen LogP contribution in [0.5, 0.6) is 0 Å². The van der Waals surface area contributed by atoms with E-state index in [0.717, 1.165) is 24.6 Å². The summed E-state index contributed by atoms with van der Waals surface area (Å²) in [7, 11) is 0. The Hall–Kier alpha value is -0.570. The highest BCUT2D eigenvalue weighted by atomic mass is 35.5. The summed E-state index contributed by atoms with van der Waals surface area (Å²) < 4.78 is 2.13. The van der Waals surface area contributed by atoms with Gasteiger partial charge < -0.3 is 4.57 Å². The van der Waals surface area contributed by atoms with Gasteiger partial charge in [0.2, 0.25) is 0 Å². The predicted molar refractivity (Wildman–Crippen MR) is 72.2 cm³/mol. The lowest BCUT2D eigenvalue weighted by Crippen LogP contribution is -2.15. The minimum Gasteiger partial charge on any atom is -0.314 e. The monoisotopic (exact) mass is 257 g/mol. The van der Waals surface area contributed by atoms with E-state index in [9.17, 15) is 0 Å². The van der Waals surface area contributed by atoms with E-state index in [1.165, 1.54) is 6.42 Å². The number of halogens is 1. The predicted octanol–water partition coefficient (Wildman–Crippen LogP) is 3.65. The first-order chi connectivity index (χ1) is 7.87. The summed E-state index contributed by atoms with van der Waals surface area (Å²) in [6.07, 6.45) is 2.18. The van der Waals surface area contributed by atoms with Gasteiger partial charge in [-0.2, -0.15) is 0 Å². The highest BCUT2D eigenvalue weighted by Gasteiger charge is 2.18. The molecule has 1 aromatic rings. The molecule has 0 aliphatic rings. The normalized spacial score (nSPS) is 14.0. The maximum absolute atomic E-state index is 5.84. The van der Waals surface area contributed by atoms with E-state index in [2.05, 4.69) is 49.4 Å². The van der Waals surface area contributed by atoms with E-state index in [1.807, 2.05) is 0 Å². The molecule has 1 rings (SSSR count). The highest BCUT2D eigenvalue weighted by Crippen LogP contribution is 2.26. The smallest absolute Gasteiger partial charge is 0.147 e. The second kappa shape index (κ2) is 5.85. The summed E-state index contributed by atoms with van der Waals surface area (Å²) in [5, 5.41) is 8.39. The first-order valence-corrected chi connectivity index (χ1v) is 6.87. The van der Waals surface area contributed by atoms with E-state index in [-0.39, 0.29) is 0 Å². The maximum Gasteiger partial charge on any atom is 0.147 e. The molecule has 17 heavy (non-hydrogen) atoms. The van der Waals surface area contributed by atoms with Crippen LogP contribution >= 0.6 is 11.6 Å². The van der Waals surface area contributed by atoms with Crippen LogP contribution in [0.15, 0.2) is 0 Å². The van der Waals surface area contributed by atoms with Crippen LogP contribution < -0.4 is 0 Å². The first-order valence-electron chi connectivity index (χ1n) is 6.34. The van der Waals surface area contributed by atoms with Gasteiger partial charge in [0.1, 0.15) is 11.6 Å². The molecular weight excluding hydrogens is 234 g/mol. The van der Waals surface area contributed by atoms with E-state index in [1.54, 1.807) is 0 Å². The molecule has 98 valence electrons. The minimum atomic E-state index is 0.367. The van der Waals surface area contributed by atoms with Crippen LogP contribution in [0, 0.1) is 11.3 Å². The molecule has 0 amide bonds. The molecule has 0 saturated heterocycles. The number of nitrogens with zero attached hydrogens (tertiary/aromatic N) is 3. The van der Waals surface area contributed by atoms with E-state index >= 15 is 0 Å². The van der Waals surface area contributed by atoms with Gasteiger partial charge >= 0.3 is 0 Å². The highest BCUT2D eigenvalue weighted by molar-refractivity contribution is 6.16. The zero-order valence-electron chi connectivity index (χ0n) is 11.6. The van der Waals surface area contributed by atoms with Gasteiger partial charge in [0, 0.05) is 13.0 Å². The average molecular weight is 258 g/mol. The summed E-state index contributed by atoms with van der Waals surface area (Å²) in [6.45, 7) is 12.1. The fourth-order valence-electron chi connectivity index (χ4n) is 2.42. The molecule has 0 saturated carbocycles. The van der Waals surface area contributed by atoms with Gasteiger partial charge in [-0.25, -0.2) is 0 Å². The number of hydrogen-bond acceptors (Lipinski definition) is 2. The van der Waals surface area contributed by atoms with E-state index < -0.39 is 0 Å². The second-order valence-electron chi connectivity index (χ2n) is 5.98. The van der Waals surface area contributed by atoms with Gasteiger partial charge in [-0.15, -0.1) is 21.8 Å². The van der Waals surface area contributed by atoms with Gasteiger partial charge in [-0.05, 0) is 24.7 Å². The van der Waals surface area contributed by atoms with Gasteiger partial charge in [-0.1, -0.05) is 27.7 Å². The largest absolute Gasteiger partial charge is 0.314 e. The summed E-state index contributed by atoms with van der Waals surface area (Å²) in [6, 6.07) is 0. The molecule has 0 spiro atoms. The Morgan fingerprint density at radius 2 is 1.82 bits per heavy atom. The average Bonchev–Trinajstić information content (AvgIpc) is 2.56. The van der Waals surface area contributed by atoms with Crippen molar-refractivity contribution in [1.82, 2.24) is 14.8 Å². The Bertz CT molecular complexity index is 352. The number of rotatable bonds is 5. The van der Waals surface area contributed by atoms with Crippen molar-refractivity contribution in [3.8, 4) is 0 Å². The molecule has 3 nitrogen and oxygen atoms in total. The Balaban J connectivity index is 2.71. The lowest BCUT2D eigenvalue weighted by atomic mass is 9.84. The van der Waals surface area contributed by atoms with Crippen molar-refractivity contribution in [2.45, 2.75) is 59.9 Å².